The molecule has 0 saturated carbocycles. The topological polar surface area (TPSA) is 84.5 Å². The van der Waals surface area contributed by atoms with Gasteiger partial charge in [-0.1, -0.05) is 6.92 Å². The Bertz CT molecular complexity index is 867. The number of sulfonamides is 1. The molecular weight excluding hydrogens is 359 g/mol. The lowest BCUT2D eigenvalue weighted by Crippen LogP contribution is -2.29. The molecule has 0 atom stereocenters. The first-order valence-corrected chi connectivity index (χ1v) is 9.58. The number of amides is 1. The standard InChI is InChI=1S/C18H21FN2O4S/c1-3-10-20-18(22)12-25-17-9-8-16(11-13(17)2)26(23,24)21-15-6-4-14(19)5-7-15/h4-9,11,21H,3,10,12H2,1-2H3,(H,20,22). The molecule has 0 fully saturated rings. The molecule has 0 spiro atoms. The normalized spacial score (nSPS) is 11.0. The van der Waals surface area contributed by atoms with Crippen LogP contribution in [0.2, 0.25) is 0 Å². The minimum Gasteiger partial charge on any atom is -0.484 e. The van der Waals surface area contributed by atoms with Gasteiger partial charge in [0, 0.05) is 12.2 Å². The lowest BCUT2D eigenvalue weighted by atomic mass is 10.2. The van der Waals surface area contributed by atoms with Gasteiger partial charge in [0.2, 0.25) is 0 Å². The fourth-order valence-electron chi connectivity index (χ4n) is 2.14. The van der Waals surface area contributed by atoms with Crippen LogP contribution in [0.3, 0.4) is 0 Å². The summed E-state index contributed by atoms with van der Waals surface area (Å²) in [6, 6.07) is 9.36. The average Bonchev–Trinajstić information content (AvgIpc) is 2.60. The summed E-state index contributed by atoms with van der Waals surface area (Å²) in [6.07, 6.45) is 0.832. The predicted molar refractivity (Wildman–Crippen MR) is 97.2 cm³/mol. The second kappa shape index (κ2) is 8.66. The number of benzene rings is 2. The average molecular weight is 380 g/mol. The van der Waals surface area contributed by atoms with E-state index in [9.17, 15) is 17.6 Å². The van der Waals surface area contributed by atoms with Gasteiger partial charge in [-0.05, 0) is 61.4 Å². The smallest absolute Gasteiger partial charge is 0.261 e. The Balaban J connectivity index is 2.07. The van der Waals surface area contributed by atoms with Crippen LogP contribution in [0.4, 0.5) is 10.1 Å². The third-order valence-corrected chi connectivity index (χ3v) is 4.86. The van der Waals surface area contributed by atoms with Crippen molar-refractivity contribution in [2.24, 2.45) is 0 Å². The number of rotatable bonds is 8. The molecule has 2 aromatic rings. The van der Waals surface area contributed by atoms with Gasteiger partial charge in [-0.15, -0.1) is 0 Å². The van der Waals surface area contributed by atoms with Gasteiger partial charge in [0.15, 0.2) is 6.61 Å². The molecule has 0 bridgehead atoms. The maximum absolute atomic E-state index is 12.9. The SMILES string of the molecule is CCCNC(=O)COc1ccc(S(=O)(=O)Nc2ccc(F)cc2)cc1C. The molecule has 0 heterocycles. The molecule has 2 aromatic carbocycles. The Morgan fingerprint density at radius 2 is 1.85 bits per heavy atom. The molecule has 0 aromatic heterocycles. The largest absolute Gasteiger partial charge is 0.484 e. The third kappa shape index (κ3) is 5.45. The van der Waals surface area contributed by atoms with Crippen molar-refractivity contribution >= 4 is 21.6 Å². The van der Waals surface area contributed by atoms with Crippen LogP contribution in [0.5, 0.6) is 5.75 Å². The highest BCUT2D eigenvalue weighted by atomic mass is 32.2. The Hall–Kier alpha value is -2.61. The molecule has 0 aliphatic heterocycles. The highest BCUT2D eigenvalue weighted by molar-refractivity contribution is 7.92. The predicted octanol–water partition coefficient (Wildman–Crippen LogP) is 2.84. The molecule has 2 N–H and O–H groups in total. The number of anilines is 1. The molecule has 2 rings (SSSR count). The summed E-state index contributed by atoms with van der Waals surface area (Å²) in [6.45, 7) is 4.08. The van der Waals surface area contributed by atoms with Crippen molar-refractivity contribution in [3.63, 3.8) is 0 Å². The van der Waals surface area contributed by atoms with Gasteiger partial charge >= 0.3 is 0 Å². The van der Waals surface area contributed by atoms with E-state index in [1.54, 1.807) is 6.92 Å². The fraction of sp³-hybridized carbons (Fsp3) is 0.278. The second-order valence-electron chi connectivity index (χ2n) is 5.68. The van der Waals surface area contributed by atoms with Crippen molar-refractivity contribution < 1.29 is 22.3 Å². The number of aryl methyl sites for hydroxylation is 1. The van der Waals surface area contributed by atoms with Gasteiger partial charge < -0.3 is 10.1 Å². The first-order valence-electron chi connectivity index (χ1n) is 8.10. The number of carbonyl (C=O) groups is 1. The number of halogens is 1. The highest BCUT2D eigenvalue weighted by Gasteiger charge is 2.16. The van der Waals surface area contributed by atoms with Crippen molar-refractivity contribution in [1.82, 2.24) is 5.32 Å². The molecule has 0 unspecified atom stereocenters. The Kier molecular flexibility index (Phi) is 6.57. The molecule has 0 saturated heterocycles. The molecule has 1 amide bonds. The number of ether oxygens (including phenoxy) is 1. The van der Waals surface area contributed by atoms with E-state index in [1.807, 2.05) is 6.92 Å². The van der Waals surface area contributed by atoms with Crippen molar-refractivity contribution in [2.75, 3.05) is 17.9 Å². The third-order valence-electron chi connectivity index (χ3n) is 3.48. The van der Waals surface area contributed by atoms with Gasteiger partial charge in [0.05, 0.1) is 4.90 Å². The van der Waals surface area contributed by atoms with E-state index in [1.165, 1.54) is 42.5 Å². The zero-order valence-electron chi connectivity index (χ0n) is 14.6. The first kappa shape index (κ1) is 19.7. The highest BCUT2D eigenvalue weighted by Crippen LogP contribution is 2.23. The van der Waals surface area contributed by atoms with Gasteiger partial charge in [-0.2, -0.15) is 0 Å². The van der Waals surface area contributed by atoms with Crippen LogP contribution in [0.25, 0.3) is 0 Å². The van der Waals surface area contributed by atoms with Crippen LogP contribution in [-0.4, -0.2) is 27.5 Å². The van der Waals surface area contributed by atoms with Crippen LogP contribution in [0, 0.1) is 12.7 Å². The zero-order valence-corrected chi connectivity index (χ0v) is 15.4. The molecule has 6 nitrogen and oxygen atoms in total. The minimum atomic E-state index is -3.82. The van der Waals surface area contributed by atoms with Crippen LogP contribution in [0.15, 0.2) is 47.4 Å². The summed E-state index contributed by atoms with van der Waals surface area (Å²) in [5.74, 6) is -0.258. The molecule has 0 aliphatic carbocycles. The lowest BCUT2D eigenvalue weighted by Gasteiger charge is -2.12. The lowest BCUT2D eigenvalue weighted by molar-refractivity contribution is -0.123. The minimum absolute atomic E-state index is 0.0436. The van der Waals surface area contributed by atoms with E-state index in [4.69, 9.17) is 4.74 Å². The maximum Gasteiger partial charge on any atom is 0.261 e. The summed E-state index contributed by atoms with van der Waals surface area (Å²) >= 11 is 0. The van der Waals surface area contributed by atoms with Crippen LogP contribution in [-0.2, 0) is 14.8 Å². The summed E-state index contributed by atoms with van der Waals surface area (Å²) in [5, 5.41) is 2.69. The number of carbonyl (C=O) groups excluding carboxylic acids is 1. The maximum atomic E-state index is 12.9. The van der Waals surface area contributed by atoms with Gasteiger partial charge in [0.1, 0.15) is 11.6 Å². The van der Waals surface area contributed by atoms with Gasteiger partial charge in [0.25, 0.3) is 15.9 Å². The van der Waals surface area contributed by atoms with E-state index in [0.717, 1.165) is 6.42 Å². The number of nitrogens with one attached hydrogen (secondary N) is 2. The van der Waals surface area contributed by atoms with E-state index >= 15 is 0 Å². The Labute approximate surface area is 152 Å². The number of hydrogen-bond donors (Lipinski definition) is 2. The summed E-state index contributed by atoms with van der Waals surface area (Å²) in [5.41, 5.74) is 0.840. The van der Waals surface area contributed by atoms with E-state index in [2.05, 4.69) is 10.0 Å². The van der Waals surface area contributed by atoms with Crippen molar-refractivity contribution in [3.05, 3.63) is 53.8 Å². The Morgan fingerprint density at radius 3 is 2.46 bits per heavy atom. The summed E-state index contributed by atoms with van der Waals surface area (Å²) in [7, 11) is -3.82. The monoisotopic (exact) mass is 380 g/mol. The van der Waals surface area contributed by atoms with Crippen molar-refractivity contribution in [2.45, 2.75) is 25.2 Å². The second-order valence-corrected chi connectivity index (χ2v) is 7.36. The molecule has 0 radical (unpaired) electrons. The van der Waals surface area contributed by atoms with E-state index < -0.39 is 15.8 Å². The molecular formula is C18H21FN2O4S. The summed E-state index contributed by atoms with van der Waals surface area (Å²) in [4.78, 5) is 11.6. The van der Waals surface area contributed by atoms with Gasteiger partial charge in [-0.3, -0.25) is 9.52 Å². The van der Waals surface area contributed by atoms with Crippen LogP contribution >= 0.6 is 0 Å². The van der Waals surface area contributed by atoms with Crippen molar-refractivity contribution in [1.29, 1.82) is 0 Å². The Morgan fingerprint density at radius 1 is 1.15 bits per heavy atom. The first-order chi connectivity index (χ1) is 12.3. The molecule has 8 heteroatoms. The van der Waals surface area contributed by atoms with E-state index in [0.29, 0.717) is 17.9 Å². The molecule has 26 heavy (non-hydrogen) atoms. The molecule has 140 valence electrons. The zero-order chi connectivity index (χ0) is 19.2. The fourth-order valence-corrected chi connectivity index (χ4v) is 3.29. The quantitative estimate of drug-likeness (QED) is 0.738. The van der Waals surface area contributed by atoms with Crippen LogP contribution in [0.1, 0.15) is 18.9 Å². The van der Waals surface area contributed by atoms with Crippen LogP contribution < -0.4 is 14.8 Å². The van der Waals surface area contributed by atoms with E-state index in [-0.39, 0.29) is 23.1 Å². The van der Waals surface area contributed by atoms with Crippen molar-refractivity contribution in [3.8, 4) is 5.75 Å². The van der Waals surface area contributed by atoms with Gasteiger partial charge in [-0.25, -0.2) is 12.8 Å². The molecule has 0 aliphatic rings. The summed E-state index contributed by atoms with van der Waals surface area (Å²) < 4.78 is 45.6. The number of hydrogen-bond acceptors (Lipinski definition) is 4.